The zero-order valence-electron chi connectivity index (χ0n) is 7.72. The minimum atomic E-state index is -0.427. The van der Waals surface area contributed by atoms with Gasteiger partial charge in [0.05, 0.1) is 5.02 Å². The molecule has 0 saturated heterocycles. The Hall–Kier alpha value is -1.09. The second kappa shape index (κ2) is 4.96. The van der Waals surface area contributed by atoms with Gasteiger partial charge in [-0.25, -0.2) is 4.39 Å². The fourth-order valence-electron chi connectivity index (χ4n) is 0.853. The summed E-state index contributed by atoms with van der Waals surface area (Å²) in [5.74, 6) is -0.121. The van der Waals surface area contributed by atoms with Crippen LogP contribution >= 0.6 is 11.6 Å². The van der Waals surface area contributed by atoms with Gasteiger partial charge >= 0.3 is 0 Å². The molecule has 0 bridgehead atoms. The molecule has 0 fully saturated rings. The molecule has 0 atom stereocenters. The molecule has 14 heavy (non-hydrogen) atoms. The van der Waals surface area contributed by atoms with Crippen LogP contribution in [0.25, 0.3) is 0 Å². The highest BCUT2D eigenvalue weighted by Gasteiger charge is 2.05. The molecule has 0 heterocycles. The molecule has 76 valence electrons. The Balaban J connectivity index is 2.63. The zero-order valence-corrected chi connectivity index (χ0v) is 8.47. The highest BCUT2D eigenvalue weighted by molar-refractivity contribution is 6.32. The summed E-state index contributed by atoms with van der Waals surface area (Å²) in [4.78, 5) is 10.9. The third kappa shape index (κ3) is 3.00. The van der Waals surface area contributed by atoms with E-state index < -0.39 is 5.82 Å². The molecule has 4 heteroatoms. The van der Waals surface area contributed by atoms with E-state index in [1.165, 1.54) is 12.1 Å². The lowest BCUT2D eigenvalue weighted by atomic mass is 10.3. The third-order valence-electron chi connectivity index (χ3n) is 1.68. The van der Waals surface area contributed by atoms with Gasteiger partial charge in [0.2, 0.25) is 0 Å². The van der Waals surface area contributed by atoms with Gasteiger partial charge in [-0.2, -0.15) is 0 Å². The Labute approximate surface area is 86.6 Å². The quantitative estimate of drug-likeness (QED) is 0.774. The standard InChI is InChI=1S/C10H10ClFO2/c1-2-8(13)6-14-10-4-3-7(12)5-9(10)11/h3-5H,2,6H2,1H3. The Morgan fingerprint density at radius 3 is 2.86 bits per heavy atom. The molecule has 1 rings (SSSR count). The summed E-state index contributed by atoms with van der Waals surface area (Å²) < 4.78 is 17.7. The molecule has 0 radical (unpaired) electrons. The zero-order chi connectivity index (χ0) is 10.6. The smallest absolute Gasteiger partial charge is 0.169 e. The summed E-state index contributed by atoms with van der Waals surface area (Å²) in [6.45, 7) is 1.72. The summed E-state index contributed by atoms with van der Waals surface area (Å²) in [5.41, 5.74) is 0. The molecule has 2 nitrogen and oxygen atoms in total. The van der Waals surface area contributed by atoms with Crippen LogP contribution in [0.5, 0.6) is 5.75 Å². The third-order valence-corrected chi connectivity index (χ3v) is 1.97. The molecule has 0 saturated carbocycles. The second-order valence-electron chi connectivity index (χ2n) is 2.76. The first-order valence-corrected chi connectivity index (χ1v) is 4.61. The van der Waals surface area contributed by atoms with Crippen molar-refractivity contribution in [3.8, 4) is 5.75 Å². The first-order chi connectivity index (χ1) is 6.63. The molecule has 1 aromatic rings. The van der Waals surface area contributed by atoms with E-state index in [1.54, 1.807) is 6.92 Å². The maximum absolute atomic E-state index is 12.6. The summed E-state index contributed by atoms with van der Waals surface area (Å²) in [6, 6.07) is 3.78. The average molecular weight is 217 g/mol. The Kier molecular flexibility index (Phi) is 3.89. The topological polar surface area (TPSA) is 26.3 Å². The molecule has 0 amide bonds. The van der Waals surface area contributed by atoms with Crippen molar-refractivity contribution in [3.05, 3.63) is 29.0 Å². The first kappa shape index (κ1) is 11.0. The molecule has 0 spiro atoms. The number of ether oxygens (including phenoxy) is 1. The van der Waals surface area contributed by atoms with E-state index in [4.69, 9.17) is 16.3 Å². The molecular formula is C10H10ClFO2. The number of hydrogen-bond donors (Lipinski definition) is 0. The highest BCUT2D eigenvalue weighted by atomic mass is 35.5. The molecule has 0 aliphatic heterocycles. The van der Waals surface area contributed by atoms with Gasteiger partial charge in [0.25, 0.3) is 0 Å². The van der Waals surface area contributed by atoms with Crippen LogP contribution in [0.1, 0.15) is 13.3 Å². The van der Waals surface area contributed by atoms with Crippen molar-refractivity contribution in [1.82, 2.24) is 0 Å². The van der Waals surface area contributed by atoms with Crippen LogP contribution in [0.15, 0.2) is 18.2 Å². The lowest BCUT2D eigenvalue weighted by molar-refractivity contribution is -0.120. The van der Waals surface area contributed by atoms with Crippen LogP contribution in [-0.2, 0) is 4.79 Å². The van der Waals surface area contributed by atoms with Crippen molar-refractivity contribution in [2.75, 3.05) is 6.61 Å². The minimum absolute atomic E-state index is 0.0228. The number of carbonyl (C=O) groups is 1. The number of carbonyl (C=O) groups excluding carboxylic acids is 1. The summed E-state index contributed by atoms with van der Waals surface area (Å²) >= 11 is 5.68. The summed E-state index contributed by atoms with van der Waals surface area (Å²) in [7, 11) is 0. The number of ketones is 1. The number of rotatable bonds is 4. The van der Waals surface area contributed by atoms with E-state index in [0.29, 0.717) is 12.2 Å². The Morgan fingerprint density at radius 1 is 1.57 bits per heavy atom. The number of halogens is 2. The van der Waals surface area contributed by atoms with Crippen LogP contribution in [0, 0.1) is 5.82 Å². The molecular weight excluding hydrogens is 207 g/mol. The van der Waals surface area contributed by atoms with Gasteiger partial charge in [0.1, 0.15) is 18.2 Å². The van der Waals surface area contributed by atoms with Gasteiger partial charge in [0, 0.05) is 6.42 Å². The molecule has 1 aromatic carbocycles. The fourth-order valence-corrected chi connectivity index (χ4v) is 1.07. The van der Waals surface area contributed by atoms with Gasteiger partial charge in [-0.3, -0.25) is 4.79 Å². The fraction of sp³-hybridized carbons (Fsp3) is 0.300. The van der Waals surface area contributed by atoms with E-state index in [0.717, 1.165) is 6.07 Å². The van der Waals surface area contributed by atoms with Crippen molar-refractivity contribution < 1.29 is 13.9 Å². The summed E-state index contributed by atoms with van der Waals surface area (Å²) in [5, 5.41) is 0.175. The largest absolute Gasteiger partial charge is 0.484 e. The van der Waals surface area contributed by atoms with Crippen LogP contribution in [-0.4, -0.2) is 12.4 Å². The molecule has 0 aromatic heterocycles. The van der Waals surface area contributed by atoms with Crippen LogP contribution in [0.4, 0.5) is 4.39 Å². The maximum Gasteiger partial charge on any atom is 0.169 e. The van der Waals surface area contributed by atoms with Crippen molar-refractivity contribution >= 4 is 17.4 Å². The van der Waals surface area contributed by atoms with E-state index in [9.17, 15) is 9.18 Å². The van der Waals surface area contributed by atoms with E-state index in [2.05, 4.69) is 0 Å². The molecule has 0 unspecified atom stereocenters. The highest BCUT2D eigenvalue weighted by Crippen LogP contribution is 2.24. The predicted octanol–water partition coefficient (Wildman–Crippen LogP) is 2.84. The van der Waals surface area contributed by atoms with E-state index >= 15 is 0 Å². The lowest BCUT2D eigenvalue weighted by Gasteiger charge is -2.05. The van der Waals surface area contributed by atoms with Gasteiger partial charge in [-0.05, 0) is 18.2 Å². The number of hydrogen-bond acceptors (Lipinski definition) is 2. The van der Waals surface area contributed by atoms with Gasteiger partial charge in [-0.15, -0.1) is 0 Å². The van der Waals surface area contributed by atoms with Crippen molar-refractivity contribution in [2.45, 2.75) is 13.3 Å². The Bertz CT molecular complexity index is 339. The van der Waals surface area contributed by atoms with Crippen molar-refractivity contribution in [1.29, 1.82) is 0 Å². The van der Waals surface area contributed by atoms with E-state index in [1.807, 2.05) is 0 Å². The van der Waals surface area contributed by atoms with E-state index in [-0.39, 0.29) is 17.4 Å². The number of benzene rings is 1. The van der Waals surface area contributed by atoms with Gasteiger partial charge in [0.15, 0.2) is 5.78 Å². The first-order valence-electron chi connectivity index (χ1n) is 4.23. The van der Waals surface area contributed by atoms with Crippen LogP contribution in [0.2, 0.25) is 5.02 Å². The number of Topliss-reactive ketones (excluding diaryl/α,β-unsaturated/α-hetero) is 1. The van der Waals surface area contributed by atoms with Gasteiger partial charge < -0.3 is 4.74 Å². The lowest BCUT2D eigenvalue weighted by Crippen LogP contribution is -2.09. The SMILES string of the molecule is CCC(=O)COc1ccc(F)cc1Cl. The summed E-state index contributed by atoms with van der Waals surface area (Å²) in [6.07, 6.45) is 0.415. The molecule has 0 aliphatic rings. The minimum Gasteiger partial charge on any atom is -0.484 e. The molecule has 0 N–H and O–H groups in total. The molecule has 0 aliphatic carbocycles. The van der Waals surface area contributed by atoms with Crippen molar-refractivity contribution in [2.24, 2.45) is 0 Å². The van der Waals surface area contributed by atoms with Gasteiger partial charge in [-0.1, -0.05) is 18.5 Å². The van der Waals surface area contributed by atoms with Crippen molar-refractivity contribution in [3.63, 3.8) is 0 Å². The van der Waals surface area contributed by atoms with Crippen LogP contribution < -0.4 is 4.74 Å². The average Bonchev–Trinajstić information content (AvgIpc) is 2.16. The Morgan fingerprint density at radius 2 is 2.29 bits per heavy atom. The predicted molar refractivity (Wildman–Crippen MR) is 52.2 cm³/mol. The normalized spacial score (nSPS) is 9.93. The van der Waals surface area contributed by atoms with Crippen LogP contribution in [0.3, 0.4) is 0 Å². The maximum atomic E-state index is 12.6. The second-order valence-corrected chi connectivity index (χ2v) is 3.16. The monoisotopic (exact) mass is 216 g/mol.